The van der Waals surface area contributed by atoms with Gasteiger partial charge in [-0.3, -0.25) is 0 Å². The Morgan fingerprint density at radius 1 is 1.19 bits per heavy atom. The number of nitrogens with zero attached hydrogens (tertiary/aromatic N) is 1. The van der Waals surface area contributed by atoms with Gasteiger partial charge < -0.3 is 10.4 Å². The van der Waals surface area contributed by atoms with Crippen molar-refractivity contribution in [3.63, 3.8) is 0 Å². The Morgan fingerprint density at radius 3 is 2.48 bits per heavy atom. The fourth-order valence-electron chi connectivity index (χ4n) is 1.76. The second-order valence-corrected chi connectivity index (χ2v) is 5.23. The van der Waals surface area contributed by atoms with E-state index in [2.05, 4.69) is 21.2 Å². The molecule has 0 amide bonds. The zero-order chi connectivity index (χ0) is 15.4. The summed E-state index contributed by atoms with van der Waals surface area (Å²) in [7, 11) is 0. The molecular weight excluding hydrogens is 342 g/mol. The topological polar surface area (TPSA) is 56.0 Å². The number of rotatable bonds is 4. The minimum Gasteiger partial charge on any atom is -0.387 e. The molecule has 0 spiro atoms. The average Bonchev–Trinajstić information content (AvgIpc) is 2.49. The van der Waals surface area contributed by atoms with Crippen molar-refractivity contribution in [2.45, 2.75) is 6.10 Å². The fourth-order valence-corrected chi connectivity index (χ4v) is 2.08. The third kappa shape index (κ3) is 3.78. The molecule has 1 unspecified atom stereocenters. The maximum atomic E-state index is 13.6. The number of halogens is 3. The Kier molecular flexibility index (Phi) is 4.89. The lowest BCUT2D eigenvalue weighted by molar-refractivity contribution is 0.191. The molecular formula is C15H11BrF2N2O. The average molecular weight is 353 g/mol. The molecule has 0 radical (unpaired) electrons. The zero-order valence-electron chi connectivity index (χ0n) is 10.8. The Balaban J connectivity index is 2.05. The molecule has 0 aliphatic rings. The number of benzene rings is 2. The van der Waals surface area contributed by atoms with Gasteiger partial charge in [0.2, 0.25) is 0 Å². The van der Waals surface area contributed by atoms with Gasteiger partial charge in [0.15, 0.2) is 0 Å². The van der Waals surface area contributed by atoms with Crippen molar-refractivity contribution >= 4 is 21.6 Å². The van der Waals surface area contributed by atoms with Gasteiger partial charge >= 0.3 is 0 Å². The van der Waals surface area contributed by atoms with Gasteiger partial charge in [0.25, 0.3) is 0 Å². The molecule has 2 rings (SSSR count). The van der Waals surface area contributed by atoms with Crippen LogP contribution in [0, 0.1) is 23.0 Å². The summed E-state index contributed by atoms with van der Waals surface area (Å²) in [6, 6.07) is 10.4. The van der Waals surface area contributed by atoms with Crippen molar-refractivity contribution in [1.82, 2.24) is 0 Å². The van der Waals surface area contributed by atoms with E-state index in [1.54, 1.807) is 24.3 Å². The lowest BCUT2D eigenvalue weighted by Crippen LogP contribution is -2.13. The highest BCUT2D eigenvalue weighted by Gasteiger charge is 2.11. The molecule has 0 fully saturated rings. The van der Waals surface area contributed by atoms with Crippen LogP contribution in [0.1, 0.15) is 17.2 Å². The summed E-state index contributed by atoms with van der Waals surface area (Å²) >= 11 is 2.89. The second kappa shape index (κ2) is 6.66. The number of aliphatic hydroxyl groups excluding tert-OH is 1. The SMILES string of the molecule is N#Cc1ccc(C(O)CNc2cc(F)c(Br)cc2F)cc1. The Hall–Kier alpha value is -1.97. The molecule has 0 aromatic heterocycles. The monoisotopic (exact) mass is 352 g/mol. The van der Waals surface area contributed by atoms with Gasteiger partial charge in [-0.25, -0.2) is 8.78 Å². The number of hydrogen-bond acceptors (Lipinski definition) is 3. The first-order valence-corrected chi connectivity index (χ1v) is 6.87. The van der Waals surface area contributed by atoms with Crippen molar-refractivity contribution in [2.75, 3.05) is 11.9 Å². The van der Waals surface area contributed by atoms with Crippen LogP contribution in [-0.4, -0.2) is 11.7 Å². The molecule has 3 nitrogen and oxygen atoms in total. The molecule has 6 heteroatoms. The van der Waals surface area contributed by atoms with Crippen LogP contribution in [0.25, 0.3) is 0 Å². The molecule has 21 heavy (non-hydrogen) atoms. The standard InChI is InChI=1S/C15H11BrF2N2O/c16-11-5-13(18)14(6-12(11)17)20-8-15(21)10-3-1-9(7-19)2-4-10/h1-6,15,20-21H,8H2. The number of anilines is 1. The molecule has 0 saturated heterocycles. The van der Waals surface area contributed by atoms with Crippen LogP contribution in [0.2, 0.25) is 0 Å². The van der Waals surface area contributed by atoms with E-state index in [0.717, 1.165) is 12.1 Å². The summed E-state index contributed by atoms with van der Waals surface area (Å²) in [5.74, 6) is -1.21. The highest BCUT2D eigenvalue weighted by molar-refractivity contribution is 9.10. The van der Waals surface area contributed by atoms with Crippen LogP contribution >= 0.6 is 15.9 Å². The van der Waals surface area contributed by atoms with Crippen LogP contribution in [-0.2, 0) is 0 Å². The minimum atomic E-state index is -0.899. The summed E-state index contributed by atoms with van der Waals surface area (Å²) in [5, 5.41) is 21.3. The number of hydrogen-bond donors (Lipinski definition) is 2. The van der Waals surface area contributed by atoms with Crippen LogP contribution < -0.4 is 5.32 Å². The molecule has 0 aliphatic heterocycles. The van der Waals surface area contributed by atoms with E-state index in [1.165, 1.54) is 0 Å². The third-order valence-electron chi connectivity index (χ3n) is 2.92. The maximum Gasteiger partial charge on any atom is 0.147 e. The van der Waals surface area contributed by atoms with Crippen LogP contribution in [0.15, 0.2) is 40.9 Å². The third-order valence-corrected chi connectivity index (χ3v) is 3.53. The van der Waals surface area contributed by atoms with Crippen LogP contribution in [0.3, 0.4) is 0 Å². The fraction of sp³-hybridized carbons (Fsp3) is 0.133. The Morgan fingerprint density at radius 2 is 1.86 bits per heavy atom. The summed E-state index contributed by atoms with van der Waals surface area (Å²) in [5.41, 5.74) is 1.04. The van der Waals surface area contributed by atoms with Gasteiger partial charge in [0, 0.05) is 12.6 Å². The summed E-state index contributed by atoms with van der Waals surface area (Å²) in [6.45, 7) is 0.0178. The van der Waals surface area contributed by atoms with Crippen molar-refractivity contribution in [1.29, 1.82) is 5.26 Å². The first-order chi connectivity index (χ1) is 10.0. The molecule has 0 heterocycles. The maximum absolute atomic E-state index is 13.6. The van der Waals surface area contributed by atoms with E-state index in [9.17, 15) is 13.9 Å². The number of aliphatic hydroxyl groups is 1. The smallest absolute Gasteiger partial charge is 0.147 e. The lowest BCUT2D eigenvalue weighted by atomic mass is 10.1. The van der Waals surface area contributed by atoms with E-state index in [0.29, 0.717) is 11.1 Å². The highest BCUT2D eigenvalue weighted by Crippen LogP contribution is 2.24. The predicted octanol–water partition coefficient (Wildman–Crippen LogP) is 3.74. The molecule has 0 bridgehead atoms. The zero-order valence-corrected chi connectivity index (χ0v) is 12.4. The van der Waals surface area contributed by atoms with Crippen molar-refractivity contribution < 1.29 is 13.9 Å². The summed E-state index contributed by atoms with van der Waals surface area (Å²) in [4.78, 5) is 0. The van der Waals surface area contributed by atoms with Gasteiger partial charge in [-0.1, -0.05) is 12.1 Å². The molecule has 0 aliphatic carbocycles. The van der Waals surface area contributed by atoms with Crippen LogP contribution in [0.5, 0.6) is 0 Å². The normalized spacial score (nSPS) is 11.8. The van der Waals surface area contributed by atoms with E-state index >= 15 is 0 Å². The van der Waals surface area contributed by atoms with Gasteiger partial charge in [-0.15, -0.1) is 0 Å². The molecule has 0 saturated carbocycles. The summed E-state index contributed by atoms with van der Waals surface area (Å²) < 4.78 is 27.0. The molecule has 108 valence electrons. The molecule has 1 atom stereocenters. The molecule has 2 aromatic carbocycles. The summed E-state index contributed by atoms with van der Waals surface area (Å²) in [6.07, 6.45) is -0.899. The molecule has 2 N–H and O–H groups in total. The van der Waals surface area contributed by atoms with Crippen LogP contribution in [0.4, 0.5) is 14.5 Å². The number of nitrogens with one attached hydrogen (secondary N) is 1. The van der Waals surface area contributed by atoms with E-state index < -0.39 is 17.7 Å². The van der Waals surface area contributed by atoms with Crippen molar-refractivity contribution in [3.8, 4) is 6.07 Å². The van der Waals surface area contributed by atoms with E-state index in [4.69, 9.17) is 5.26 Å². The first-order valence-electron chi connectivity index (χ1n) is 6.08. The van der Waals surface area contributed by atoms with E-state index in [-0.39, 0.29) is 16.7 Å². The van der Waals surface area contributed by atoms with Gasteiger partial charge in [-0.2, -0.15) is 5.26 Å². The largest absolute Gasteiger partial charge is 0.387 e. The van der Waals surface area contributed by atoms with Crippen molar-refractivity contribution in [2.24, 2.45) is 0 Å². The van der Waals surface area contributed by atoms with Gasteiger partial charge in [-0.05, 0) is 39.7 Å². The van der Waals surface area contributed by atoms with Crippen molar-refractivity contribution in [3.05, 3.63) is 63.6 Å². The predicted molar refractivity (Wildman–Crippen MR) is 78.7 cm³/mol. The Bertz CT molecular complexity index is 683. The lowest BCUT2D eigenvalue weighted by Gasteiger charge is -2.14. The highest BCUT2D eigenvalue weighted by atomic mass is 79.9. The first kappa shape index (κ1) is 15.4. The minimum absolute atomic E-state index is 0.0178. The van der Waals surface area contributed by atoms with E-state index in [1.807, 2.05) is 6.07 Å². The second-order valence-electron chi connectivity index (χ2n) is 4.38. The molecule has 2 aromatic rings. The Labute approximate surface area is 129 Å². The van der Waals surface area contributed by atoms with Gasteiger partial charge in [0.05, 0.1) is 27.9 Å². The number of nitriles is 1. The van der Waals surface area contributed by atoms with Gasteiger partial charge in [0.1, 0.15) is 11.6 Å². The quantitative estimate of drug-likeness (QED) is 0.824.